The average molecular weight is 130 g/mol. The van der Waals surface area contributed by atoms with Crippen molar-refractivity contribution in [1.82, 2.24) is 0 Å². The summed E-state index contributed by atoms with van der Waals surface area (Å²) in [6.07, 6.45) is 2.60. The third-order valence-electron chi connectivity index (χ3n) is 0.908. The van der Waals surface area contributed by atoms with Gasteiger partial charge >= 0.3 is 0 Å². The zero-order valence-electron chi connectivity index (χ0n) is 5.02. The third-order valence-corrected chi connectivity index (χ3v) is 0.908. The predicted octanol–water partition coefficient (Wildman–Crippen LogP) is 1.58. The highest BCUT2D eigenvalue weighted by atomic mass is 16.2. The van der Waals surface area contributed by atoms with Gasteiger partial charge in [-0.25, -0.2) is 0 Å². The molecule has 0 aromatic carbocycles. The number of ketones is 1. The van der Waals surface area contributed by atoms with E-state index in [2.05, 4.69) is 0 Å². The fourth-order valence-electron chi connectivity index (χ4n) is 0.410. The summed E-state index contributed by atoms with van der Waals surface area (Å²) in [7, 11) is 0. The molecule has 0 saturated carbocycles. The van der Waals surface area contributed by atoms with E-state index in [-0.39, 0.29) is 13.2 Å². The molecule has 2 heteroatoms. The number of carbonyl (C=O) groups excluding carboxylic acids is 2. The fraction of sp³-hybridized carbons (Fsp3) is 0.714. The molecule has 0 unspecified atom stereocenters. The molecule has 0 aliphatic carbocycles. The van der Waals surface area contributed by atoms with Crippen LogP contribution in [0.25, 0.3) is 0 Å². The highest BCUT2D eigenvalue weighted by Crippen LogP contribution is 1.91. The number of carbonyl (C=O) groups is 2. The van der Waals surface area contributed by atoms with E-state index in [0.717, 1.165) is 12.8 Å². The van der Waals surface area contributed by atoms with Crippen LogP contribution >= 0.6 is 0 Å². The second-order valence-corrected chi connectivity index (χ2v) is 1.69. The van der Waals surface area contributed by atoms with Gasteiger partial charge in [-0.05, 0) is 6.42 Å². The van der Waals surface area contributed by atoms with Gasteiger partial charge in [-0.1, -0.05) is 20.8 Å². The molecule has 0 amide bonds. The normalized spacial score (nSPS) is 7.67. The first kappa shape index (κ1) is 11.2. The maximum atomic E-state index is 10.2. The Labute approximate surface area is 56.3 Å². The number of unbranched alkanes of at least 4 members (excludes halogenated alkanes) is 1. The van der Waals surface area contributed by atoms with Crippen LogP contribution < -0.4 is 0 Å². The third kappa shape index (κ3) is 7.34. The first-order valence-corrected chi connectivity index (χ1v) is 2.79. The Bertz CT molecular complexity index is 86.9. The number of rotatable bonds is 4. The van der Waals surface area contributed by atoms with Crippen LogP contribution in [0.3, 0.4) is 0 Å². The molecule has 9 heavy (non-hydrogen) atoms. The summed E-state index contributed by atoms with van der Waals surface area (Å²) in [5.74, 6) is -0.285. The summed E-state index contributed by atoms with van der Waals surface area (Å²) < 4.78 is 0. The lowest BCUT2D eigenvalue weighted by Crippen LogP contribution is -1.96. The molecule has 0 aromatic rings. The molecule has 2 nitrogen and oxygen atoms in total. The number of hydrogen-bond donors (Lipinski definition) is 0. The minimum Gasteiger partial charge on any atom is -0.295 e. The second-order valence-electron chi connectivity index (χ2n) is 1.69. The van der Waals surface area contributed by atoms with Crippen LogP contribution in [-0.4, -0.2) is 12.1 Å². The van der Waals surface area contributed by atoms with E-state index in [0.29, 0.717) is 12.7 Å². The molecule has 0 aliphatic rings. The summed E-state index contributed by atoms with van der Waals surface area (Å²) in [4.78, 5) is 19.9. The van der Waals surface area contributed by atoms with Crippen molar-refractivity contribution < 1.29 is 9.59 Å². The Morgan fingerprint density at radius 1 is 1.56 bits per heavy atom. The van der Waals surface area contributed by atoms with E-state index in [9.17, 15) is 9.59 Å². The van der Waals surface area contributed by atoms with Crippen LogP contribution in [-0.2, 0) is 9.59 Å². The summed E-state index contributed by atoms with van der Waals surface area (Å²) in [6.45, 7) is 1.98. The molecule has 0 heterocycles. The van der Waals surface area contributed by atoms with Gasteiger partial charge in [0.2, 0.25) is 0 Å². The smallest absolute Gasteiger partial charge is 0.195 e. The zero-order valence-corrected chi connectivity index (χ0v) is 5.02. The quantitative estimate of drug-likeness (QED) is 0.427. The van der Waals surface area contributed by atoms with Gasteiger partial charge in [0.1, 0.15) is 0 Å². The Morgan fingerprint density at radius 2 is 2.11 bits per heavy atom. The van der Waals surface area contributed by atoms with E-state index in [4.69, 9.17) is 0 Å². The van der Waals surface area contributed by atoms with Gasteiger partial charge in [0, 0.05) is 6.42 Å². The number of hydrogen-bond acceptors (Lipinski definition) is 2. The highest BCUT2D eigenvalue weighted by Gasteiger charge is 1.94. The summed E-state index contributed by atoms with van der Waals surface area (Å²) >= 11 is 0. The predicted molar refractivity (Wildman–Crippen MR) is 37.3 cm³/mol. The van der Waals surface area contributed by atoms with E-state index >= 15 is 0 Å². The molecule has 0 spiro atoms. The van der Waals surface area contributed by atoms with Crippen molar-refractivity contribution in [2.45, 2.75) is 33.6 Å². The lowest BCUT2D eigenvalue weighted by Gasteiger charge is -1.85. The first-order chi connectivity index (χ1) is 3.81. The van der Waals surface area contributed by atoms with Crippen molar-refractivity contribution >= 4 is 12.1 Å². The molecule has 0 radical (unpaired) electrons. The van der Waals surface area contributed by atoms with Gasteiger partial charge in [0.15, 0.2) is 12.1 Å². The summed E-state index contributed by atoms with van der Waals surface area (Å²) in [5, 5.41) is 0. The minimum atomic E-state index is -0.285. The largest absolute Gasteiger partial charge is 0.295 e. The van der Waals surface area contributed by atoms with Crippen LogP contribution in [0.4, 0.5) is 0 Å². The van der Waals surface area contributed by atoms with Gasteiger partial charge in [0.05, 0.1) is 0 Å². The van der Waals surface area contributed by atoms with Crippen LogP contribution in [0.15, 0.2) is 0 Å². The molecule has 0 saturated heterocycles. The average Bonchev–Trinajstić information content (AvgIpc) is 1.83. The second kappa shape index (κ2) is 7.34. The standard InChI is InChI=1S/C6H10O2.CH4/c1-2-3-4-6(8)5-7;/h5H,2-4H2,1H3;1H4. The highest BCUT2D eigenvalue weighted by molar-refractivity contribution is 6.24. The van der Waals surface area contributed by atoms with E-state index < -0.39 is 0 Å². The number of aldehydes is 1. The number of Topliss-reactive ketones (excluding diaryl/α,β-unsaturated/α-hetero) is 1. The maximum absolute atomic E-state index is 10.2. The molecular formula is C7H14O2. The van der Waals surface area contributed by atoms with Crippen LogP contribution in [0.1, 0.15) is 33.6 Å². The molecule has 0 rings (SSSR count). The van der Waals surface area contributed by atoms with Crippen LogP contribution in [0, 0.1) is 0 Å². The van der Waals surface area contributed by atoms with Crippen molar-refractivity contribution in [3.8, 4) is 0 Å². The van der Waals surface area contributed by atoms with Crippen molar-refractivity contribution in [3.63, 3.8) is 0 Å². The van der Waals surface area contributed by atoms with Gasteiger partial charge in [-0.3, -0.25) is 9.59 Å². The van der Waals surface area contributed by atoms with Gasteiger partial charge in [-0.15, -0.1) is 0 Å². The van der Waals surface area contributed by atoms with E-state index in [1.807, 2.05) is 6.92 Å². The SMILES string of the molecule is C.CCCCC(=O)C=O. The maximum Gasteiger partial charge on any atom is 0.195 e. The molecule has 0 aromatic heterocycles. The summed E-state index contributed by atoms with van der Waals surface area (Å²) in [6, 6.07) is 0. The Hall–Kier alpha value is -0.660. The summed E-state index contributed by atoms with van der Waals surface area (Å²) in [5.41, 5.74) is 0. The molecule has 0 bridgehead atoms. The molecule has 54 valence electrons. The van der Waals surface area contributed by atoms with Crippen molar-refractivity contribution in [3.05, 3.63) is 0 Å². The van der Waals surface area contributed by atoms with Crippen molar-refractivity contribution in [2.75, 3.05) is 0 Å². The molecule has 0 aliphatic heterocycles. The first-order valence-electron chi connectivity index (χ1n) is 2.79. The Kier molecular flexibility index (Phi) is 9.12. The zero-order chi connectivity index (χ0) is 6.41. The van der Waals surface area contributed by atoms with Crippen LogP contribution in [0.5, 0.6) is 0 Å². The molecular weight excluding hydrogens is 116 g/mol. The molecule has 0 atom stereocenters. The molecule has 0 fully saturated rings. The topological polar surface area (TPSA) is 34.1 Å². The lowest BCUT2D eigenvalue weighted by atomic mass is 10.2. The van der Waals surface area contributed by atoms with Crippen LogP contribution in [0.2, 0.25) is 0 Å². The van der Waals surface area contributed by atoms with Gasteiger partial charge in [-0.2, -0.15) is 0 Å². The Balaban J connectivity index is 0. The Morgan fingerprint density at radius 3 is 2.44 bits per heavy atom. The fourth-order valence-corrected chi connectivity index (χ4v) is 0.410. The van der Waals surface area contributed by atoms with Gasteiger partial charge < -0.3 is 0 Å². The van der Waals surface area contributed by atoms with E-state index in [1.165, 1.54) is 0 Å². The monoisotopic (exact) mass is 130 g/mol. The van der Waals surface area contributed by atoms with Crippen molar-refractivity contribution in [2.24, 2.45) is 0 Å². The molecule has 0 N–H and O–H groups in total. The van der Waals surface area contributed by atoms with Gasteiger partial charge in [0.25, 0.3) is 0 Å². The van der Waals surface area contributed by atoms with Crippen molar-refractivity contribution in [1.29, 1.82) is 0 Å². The minimum absolute atomic E-state index is 0. The lowest BCUT2D eigenvalue weighted by molar-refractivity contribution is -0.129. The van der Waals surface area contributed by atoms with E-state index in [1.54, 1.807) is 0 Å².